The SMILES string of the molecule is Cc1cc(O)c(-c2cc(C(=O)NCc3ccccc3)[nH]n2)cc1Cl. The van der Waals surface area contributed by atoms with Gasteiger partial charge in [-0.05, 0) is 36.2 Å². The molecular formula is C18H16ClN3O2. The van der Waals surface area contributed by atoms with Crippen LogP contribution in [0.15, 0.2) is 48.5 Å². The van der Waals surface area contributed by atoms with Crippen molar-refractivity contribution < 1.29 is 9.90 Å². The lowest BCUT2D eigenvalue weighted by Crippen LogP contribution is -2.23. The fourth-order valence-electron chi connectivity index (χ4n) is 2.32. The number of hydrogen-bond acceptors (Lipinski definition) is 3. The summed E-state index contributed by atoms with van der Waals surface area (Å²) >= 11 is 6.09. The highest BCUT2D eigenvalue weighted by Crippen LogP contribution is 2.33. The summed E-state index contributed by atoms with van der Waals surface area (Å²) in [6.07, 6.45) is 0. The van der Waals surface area contributed by atoms with Gasteiger partial charge in [-0.3, -0.25) is 9.89 Å². The molecule has 6 heteroatoms. The Morgan fingerprint density at radius 3 is 2.75 bits per heavy atom. The van der Waals surface area contributed by atoms with Crippen molar-refractivity contribution in [2.24, 2.45) is 0 Å². The van der Waals surface area contributed by atoms with Crippen LogP contribution < -0.4 is 5.32 Å². The van der Waals surface area contributed by atoms with E-state index in [1.807, 2.05) is 30.3 Å². The van der Waals surface area contributed by atoms with E-state index >= 15 is 0 Å². The van der Waals surface area contributed by atoms with Crippen LogP contribution in [0.5, 0.6) is 5.75 Å². The summed E-state index contributed by atoms with van der Waals surface area (Å²) in [5, 5.41) is 20.2. The standard InChI is InChI=1S/C18H16ClN3O2/c1-11-7-17(23)13(8-14(11)19)15-9-16(22-21-15)18(24)20-10-12-5-3-2-4-6-12/h2-9,23H,10H2,1H3,(H,20,24)(H,21,22). The molecule has 2 aromatic carbocycles. The maximum atomic E-state index is 12.2. The summed E-state index contributed by atoms with van der Waals surface area (Å²) in [6, 6.07) is 14.4. The quantitative estimate of drug-likeness (QED) is 0.677. The van der Waals surface area contributed by atoms with Gasteiger partial charge in [0, 0.05) is 17.1 Å². The van der Waals surface area contributed by atoms with Crippen LogP contribution in [0.3, 0.4) is 0 Å². The van der Waals surface area contributed by atoms with Crippen molar-refractivity contribution >= 4 is 17.5 Å². The van der Waals surface area contributed by atoms with Gasteiger partial charge in [0.2, 0.25) is 0 Å². The van der Waals surface area contributed by atoms with Gasteiger partial charge in [0.05, 0.1) is 5.69 Å². The first-order chi connectivity index (χ1) is 11.5. The predicted octanol–water partition coefficient (Wildman–Crippen LogP) is 3.67. The minimum atomic E-state index is -0.268. The zero-order chi connectivity index (χ0) is 17.1. The number of hydrogen-bond donors (Lipinski definition) is 3. The van der Waals surface area contributed by atoms with E-state index in [0.717, 1.165) is 11.1 Å². The molecule has 3 rings (SSSR count). The molecule has 0 radical (unpaired) electrons. The number of carbonyl (C=O) groups excluding carboxylic acids is 1. The molecule has 0 bridgehead atoms. The number of aromatic hydroxyl groups is 1. The fraction of sp³-hybridized carbons (Fsp3) is 0.111. The molecule has 0 saturated carbocycles. The number of phenols is 1. The lowest BCUT2D eigenvalue weighted by Gasteiger charge is -2.04. The Kier molecular flexibility index (Phi) is 4.53. The molecule has 0 atom stereocenters. The second-order valence-corrected chi connectivity index (χ2v) is 5.86. The number of halogens is 1. The van der Waals surface area contributed by atoms with Crippen LogP contribution in [0.4, 0.5) is 0 Å². The molecule has 1 heterocycles. The van der Waals surface area contributed by atoms with Gasteiger partial charge >= 0.3 is 0 Å². The van der Waals surface area contributed by atoms with E-state index < -0.39 is 0 Å². The molecule has 1 amide bonds. The number of carbonyl (C=O) groups is 1. The van der Waals surface area contributed by atoms with Gasteiger partial charge in [-0.25, -0.2) is 0 Å². The third-order valence-electron chi connectivity index (χ3n) is 3.67. The monoisotopic (exact) mass is 341 g/mol. The molecule has 3 aromatic rings. The van der Waals surface area contributed by atoms with Crippen molar-refractivity contribution in [3.63, 3.8) is 0 Å². The Labute approximate surface area is 144 Å². The van der Waals surface area contributed by atoms with Gasteiger partial charge in [-0.1, -0.05) is 41.9 Å². The highest BCUT2D eigenvalue weighted by Gasteiger charge is 2.14. The summed E-state index contributed by atoms with van der Waals surface area (Å²) in [7, 11) is 0. The molecule has 0 fully saturated rings. The lowest BCUT2D eigenvalue weighted by atomic mass is 10.1. The van der Waals surface area contributed by atoms with Gasteiger partial charge in [-0.15, -0.1) is 0 Å². The van der Waals surface area contributed by atoms with E-state index in [-0.39, 0.29) is 11.7 Å². The van der Waals surface area contributed by atoms with E-state index in [1.165, 1.54) is 0 Å². The second kappa shape index (κ2) is 6.76. The first-order valence-electron chi connectivity index (χ1n) is 7.41. The van der Waals surface area contributed by atoms with Crippen LogP contribution in [0.2, 0.25) is 5.02 Å². The maximum absolute atomic E-state index is 12.2. The fourth-order valence-corrected chi connectivity index (χ4v) is 2.48. The van der Waals surface area contributed by atoms with Gasteiger partial charge in [-0.2, -0.15) is 5.10 Å². The van der Waals surface area contributed by atoms with Crippen molar-refractivity contribution in [2.45, 2.75) is 13.5 Å². The van der Waals surface area contributed by atoms with Gasteiger partial charge in [0.15, 0.2) is 0 Å². The normalized spacial score (nSPS) is 10.6. The van der Waals surface area contributed by atoms with Crippen molar-refractivity contribution in [3.8, 4) is 17.0 Å². The first-order valence-corrected chi connectivity index (χ1v) is 7.79. The van der Waals surface area contributed by atoms with Crippen LogP contribution in [0.25, 0.3) is 11.3 Å². The number of H-pyrrole nitrogens is 1. The van der Waals surface area contributed by atoms with E-state index in [9.17, 15) is 9.90 Å². The van der Waals surface area contributed by atoms with Gasteiger partial charge in [0.1, 0.15) is 11.4 Å². The van der Waals surface area contributed by atoms with Crippen LogP contribution in [0.1, 0.15) is 21.6 Å². The molecule has 0 unspecified atom stereocenters. The number of benzene rings is 2. The molecule has 3 N–H and O–H groups in total. The summed E-state index contributed by atoms with van der Waals surface area (Å²) < 4.78 is 0. The third-order valence-corrected chi connectivity index (χ3v) is 4.08. The molecule has 0 aliphatic carbocycles. The lowest BCUT2D eigenvalue weighted by molar-refractivity contribution is 0.0946. The predicted molar refractivity (Wildman–Crippen MR) is 93.0 cm³/mol. The Morgan fingerprint density at radius 1 is 1.25 bits per heavy atom. The van der Waals surface area contributed by atoms with Crippen molar-refractivity contribution in [3.05, 3.63) is 70.4 Å². The first kappa shape index (κ1) is 16.1. The average molecular weight is 342 g/mol. The topological polar surface area (TPSA) is 78.0 Å². The highest BCUT2D eigenvalue weighted by molar-refractivity contribution is 6.31. The largest absolute Gasteiger partial charge is 0.507 e. The van der Waals surface area contributed by atoms with Crippen molar-refractivity contribution in [1.29, 1.82) is 0 Å². The van der Waals surface area contributed by atoms with E-state index in [1.54, 1.807) is 25.1 Å². The van der Waals surface area contributed by atoms with Crippen LogP contribution in [-0.2, 0) is 6.54 Å². The smallest absolute Gasteiger partial charge is 0.269 e. The molecule has 122 valence electrons. The van der Waals surface area contributed by atoms with Crippen LogP contribution in [-0.4, -0.2) is 21.2 Å². The number of amides is 1. The number of phenolic OH excluding ortho intramolecular Hbond substituents is 1. The summed E-state index contributed by atoms with van der Waals surface area (Å²) in [5.74, 6) is -0.199. The number of nitrogens with zero attached hydrogens (tertiary/aromatic N) is 1. The number of rotatable bonds is 4. The molecule has 5 nitrogen and oxygen atoms in total. The van der Waals surface area contributed by atoms with Crippen molar-refractivity contribution in [2.75, 3.05) is 0 Å². The van der Waals surface area contributed by atoms with Crippen LogP contribution >= 0.6 is 11.6 Å². The van der Waals surface area contributed by atoms with Gasteiger partial charge < -0.3 is 10.4 Å². The second-order valence-electron chi connectivity index (χ2n) is 5.45. The van der Waals surface area contributed by atoms with Crippen molar-refractivity contribution in [1.82, 2.24) is 15.5 Å². The summed E-state index contributed by atoms with van der Waals surface area (Å²) in [5.41, 5.74) is 3.03. The zero-order valence-corrected chi connectivity index (χ0v) is 13.8. The average Bonchev–Trinajstić information content (AvgIpc) is 3.07. The molecule has 24 heavy (non-hydrogen) atoms. The number of aromatic amines is 1. The minimum Gasteiger partial charge on any atom is -0.507 e. The minimum absolute atomic E-state index is 0.0691. The molecule has 0 aliphatic heterocycles. The Morgan fingerprint density at radius 2 is 2.00 bits per heavy atom. The molecular weight excluding hydrogens is 326 g/mol. The van der Waals surface area contributed by atoms with Crippen LogP contribution in [0, 0.1) is 6.92 Å². The Hall–Kier alpha value is -2.79. The summed E-state index contributed by atoms with van der Waals surface area (Å²) in [4.78, 5) is 12.2. The van der Waals surface area contributed by atoms with E-state index in [2.05, 4.69) is 15.5 Å². The number of aryl methyl sites for hydroxylation is 1. The summed E-state index contributed by atoms with van der Waals surface area (Å²) in [6.45, 7) is 2.23. The molecule has 0 saturated heterocycles. The molecule has 1 aromatic heterocycles. The maximum Gasteiger partial charge on any atom is 0.269 e. The molecule has 0 aliphatic rings. The highest BCUT2D eigenvalue weighted by atomic mass is 35.5. The number of nitrogens with one attached hydrogen (secondary N) is 2. The Bertz CT molecular complexity index is 875. The zero-order valence-electron chi connectivity index (χ0n) is 13.0. The van der Waals surface area contributed by atoms with E-state index in [4.69, 9.17) is 11.6 Å². The Balaban J connectivity index is 1.76. The molecule has 0 spiro atoms. The third kappa shape index (κ3) is 3.41. The van der Waals surface area contributed by atoms with Gasteiger partial charge in [0.25, 0.3) is 5.91 Å². The van der Waals surface area contributed by atoms with E-state index in [0.29, 0.717) is 28.5 Å². The number of aromatic nitrogens is 2.